The highest BCUT2D eigenvalue weighted by molar-refractivity contribution is 9.10. The molecule has 0 atom stereocenters. The van der Waals surface area contributed by atoms with E-state index in [4.69, 9.17) is 4.74 Å². The molecule has 0 amide bonds. The van der Waals surface area contributed by atoms with Crippen molar-refractivity contribution in [1.82, 2.24) is 0 Å². The van der Waals surface area contributed by atoms with Gasteiger partial charge in [0.25, 0.3) is 0 Å². The summed E-state index contributed by atoms with van der Waals surface area (Å²) in [5.74, 6) is -0.690. The number of ketones is 1. The predicted octanol–water partition coefficient (Wildman–Crippen LogP) is 3.58. The molecule has 4 heteroatoms. The normalized spacial score (nSPS) is 10.1. The Kier molecular flexibility index (Phi) is 4.27. The van der Waals surface area contributed by atoms with Crippen LogP contribution in [0.3, 0.4) is 0 Å². The van der Waals surface area contributed by atoms with E-state index in [2.05, 4.69) is 15.9 Å². The maximum absolute atomic E-state index is 13.7. The van der Waals surface area contributed by atoms with Crippen LogP contribution in [-0.4, -0.2) is 12.4 Å². The summed E-state index contributed by atoms with van der Waals surface area (Å²) in [5, 5.41) is 0. The third-order valence-corrected chi connectivity index (χ3v) is 2.38. The summed E-state index contributed by atoms with van der Waals surface area (Å²) in [6.07, 6.45) is 0.277. The zero-order chi connectivity index (χ0) is 11.4. The van der Waals surface area contributed by atoms with Crippen molar-refractivity contribution in [1.29, 1.82) is 0 Å². The molecule has 0 aliphatic heterocycles. The monoisotopic (exact) mass is 274 g/mol. The Labute approximate surface area is 96.6 Å². The molecule has 0 fully saturated rings. The topological polar surface area (TPSA) is 26.3 Å². The molecule has 0 heterocycles. The molecule has 0 saturated carbocycles. The Balaban J connectivity index is 3.21. The summed E-state index contributed by atoms with van der Waals surface area (Å²) >= 11 is 3.22. The molecule has 0 radical (unpaired) electrons. The lowest BCUT2D eigenvalue weighted by Gasteiger charge is -2.08. The van der Waals surface area contributed by atoms with Gasteiger partial charge in [-0.1, -0.05) is 22.9 Å². The van der Waals surface area contributed by atoms with Gasteiger partial charge in [-0.05, 0) is 19.1 Å². The van der Waals surface area contributed by atoms with Crippen molar-refractivity contribution in [2.75, 3.05) is 6.61 Å². The quantitative estimate of drug-likeness (QED) is 0.785. The SMILES string of the molecule is CCOc1cc(Br)cc(C(=O)CC)c1F. The van der Waals surface area contributed by atoms with E-state index in [0.29, 0.717) is 11.1 Å². The van der Waals surface area contributed by atoms with Crippen molar-refractivity contribution >= 4 is 21.7 Å². The summed E-state index contributed by atoms with van der Waals surface area (Å²) in [4.78, 5) is 11.4. The van der Waals surface area contributed by atoms with E-state index in [1.807, 2.05) is 0 Å². The van der Waals surface area contributed by atoms with E-state index in [1.54, 1.807) is 13.8 Å². The fraction of sp³-hybridized carbons (Fsp3) is 0.364. The van der Waals surface area contributed by atoms with E-state index in [0.717, 1.165) is 0 Å². The first-order valence-corrected chi connectivity index (χ1v) is 5.54. The first kappa shape index (κ1) is 12.2. The van der Waals surface area contributed by atoms with Gasteiger partial charge in [-0.2, -0.15) is 0 Å². The molecule has 0 spiro atoms. The third-order valence-electron chi connectivity index (χ3n) is 1.93. The molecule has 82 valence electrons. The van der Waals surface area contributed by atoms with Crippen molar-refractivity contribution < 1.29 is 13.9 Å². The second kappa shape index (κ2) is 5.26. The van der Waals surface area contributed by atoms with Crippen LogP contribution in [0, 0.1) is 5.82 Å². The van der Waals surface area contributed by atoms with Crippen molar-refractivity contribution in [3.63, 3.8) is 0 Å². The van der Waals surface area contributed by atoms with Crippen LogP contribution in [-0.2, 0) is 0 Å². The molecule has 0 saturated heterocycles. The number of carbonyl (C=O) groups is 1. The zero-order valence-corrected chi connectivity index (χ0v) is 10.2. The van der Waals surface area contributed by atoms with Gasteiger partial charge in [-0.3, -0.25) is 4.79 Å². The van der Waals surface area contributed by atoms with Gasteiger partial charge in [-0.15, -0.1) is 0 Å². The molecule has 15 heavy (non-hydrogen) atoms. The highest BCUT2D eigenvalue weighted by Gasteiger charge is 2.15. The Bertz CT molecular complexity index is 377. The molecular weight excluding hydrogens is 263 g/mol. The predicted molar refractivity (Wildman–Crippen MR) is 59.9 cm³/mol. The smallest absolute Gasteiger partial charge is 0.175 e. The average molecular weight is 275 g/mol. The molecular formula is C11H12BrFO2. The number of carbonyl (C=O) groups excluding carboxylic acids is 1. The molecule has 0 aromatic heterocycles. The van der Waals surface area contributed by atoms with Crippen molar-refractivity contribution in [2.45, 2.75) is 20.3 Å². The first-order valence-electron chi connectivity index (χ1n) is 4.75. The molecule has 1 rings (SSSR count). The van der Waals surface area contributed by atoms with E-state index >= 15 is 0 Å². The molecule has 0 N–H and O–H groups in total. The minimum Gasteiger partial charge on any atom is -0.491 e. The van der Waals surface area contributed by atoms with E-state index in [-0.39, 0.29) is 23.5 Å². The Morgan fingerprint density at radius 1 is 1.47 bits per heavy atom. The number of benzene rings is 1. The van der Waals surface area contributed by atoms with E-state index < -0.39 is 5.82 Å². The zero-order valence-electron chi connectivity index (χ0n) is 8.64. The highest BCUT2D eigenvalue weighted by atomic mass is 79.9. The van der Waals surface area contributed by atoms with Gasteiger partial charge in [0.05, 0.1) is 12.2 Å². The molecule has 0 aliphatic carbocycles. The summed E-state index contributed by atoms with van der Waals surface area (Å²) in [6, 6.07) is 3.00. The van der Waals surface area contributed by atoms with Crippen LogP contribution < -0.4 is 4.74 Å². The fourth-order valence-corrected chi connectivity index (χ4v) is 1.65. The fourth-order valence-electron chi connectivity index (χ4n) is 1.22. The average Bonchev–Trinajstić information content (AvgIpc) is 2.22. The van der Waals surface area contributed by atoms with E-state index in [9.17, 15) is 9.18 Å². The maximum Gasteiger partial charge on any atom is 0.175 e. The molecule has 0 unspecified atom stereocenters. The van der Waals surface area contributed by atoms with Crippen LogP contribution >= 0.6 is 15.9 Å². The number of ether oxygens (including phenoxy) is 1. The Morgan fingerprint density at radius 2 is 2.13 bits per heavy atom. The molecule has 0 aliphatic rings. The van der Waals surface area contributed by atoms with Gasteiger partial charge in [0.2, 0.25) is 0 Å². The van der Waals surface area contributed by atoms with Crippen LogP contribution in [0.15, 0.2) is 16.6 Å². The second-order valence-electron chi connectivity index (χ2n) is 2.98. The lowest BCUT2D eigenvalue weighted by atomic mass is 10.1. The summed E-state index contributed by atoms with van der Waals surface area (Å²) < 4.78 is 19.4. The molecule has 1 aromatic rings. The summed E-state index contributed by atoms with van der Waals surface area (Å²) in [6.45, 7) is 3.83. The number of rotatable bonds is 4. The van der Waals surface area contributed by atoms with Gasteiger partial charge >= 0.3 is 0 Å². The summed E-state index contributed by atoms with van der Waals surface area (Å²) in [7, 11) is 0. The van der Waals surface area contributed by atoms with E-state index in [1.165, 1.54) is 12.1 Å². The van der Waals surface area contributed by atoms with Crippen LogP contribution in [0.2, 0.25) is 0 Å². The van der Waals surface area contributed by atoms with Crippen LogP contribution in [0.4, 0.5) is 4.39 Å². The molecule has 1 aromatic carbocycles. The number of Topliss-reactive ketones (excluding diaryl/α,β-unsaturated/α-hetero) is 1. The van der Waals surface area contributed by atoms with Crippen molar-refractivity contribution in [3.8, 4) is 5.75 Å². The van der Waals surface area contributed by atoms with Crippen molar-refractivity contribution in [3.05, 3.63) is 28.0 Å². The Morgan fingerprint density at radius 3 is 2.67 bits per heavy atom. The van der Waals surface area contributed by atoms with Crippen LogP contribution in [0.1, 0.15) is 30.6 Å². The minimum absolute atomic E-state index is 0.0790. The van der Waals surface area contributed by atoms with Gasteiger partial charge < -0.3 is 4.74 Å². The first-order chi connectivity index (χ1) is 7.10. The number of hydrogen-bond acceptors (Lipinski definition) is 2. The van der Waals surface area contributed by atoms with Crippen LogP contribution in [0.5, 0.6) is 5.75 Å². The van der Waals surface area contributed by atoms with Gasteiger partial charge in [0.15, 0.2) is 17.3 Å². The minimum atomic E-state index is -0.577. The number of hydrogen-bond donors (Lipinski definition) is 0. The van der Waals surface area contributed by atoms with Crippen molar-refractivity contribution in [2.24, 2.45) is 0 Å². The maximum atomic E-state index is 13.7. The highest BCUT2D eigenvalue weighted by Crippen LogP contribution is 2.27. The standard InChI is InChI=1S/C11H12BrFO2/c1-3-9(14)8-5-7(12)6-10(11(8)13)15-4-2/h5-6H,3-4H2,1-2H3. The lowest BCUT2D eigenvalue weighted by Crippen LogP contribution is -2.04. The number of halogens is 2. The summed E-state index contributed by atoms with van der Waals surface area (Å²) in [5.41, 5.74) is 0.0790. The van der Waals surface area contributed by atoms with Crippen LogP contribution in [0.25, 0.3) is 0 Å². The Hall–Kier alpha value is -0.900. The molecule has 2 nitrogen and oxygen atoms in total. The van der Waals surface area contributed by atoms with Gasteiger partial charge in [0.1, 0.15) is 0 Å². The largest absolute Gasteiger partial charge is 0.491 e. The van der Waals surface area contributed by atoms with Gasteiger partial charge in [0, 0.05) is 10.9 Å². The molecule has 0 bridgehead atoms. The van der Waals surface area contributed by atoms with Gasteiger partial charge in [-0.25, -0.2) is 4.39 Å². The lowest BCUT2D eigenvalue weighted by molar-refractivity contribution is 0.0983. The third kappa shape index (κ3) is 2.78. The second-order valence-corrected chi connectivity index (χ2v) is 3.89.